The van der Waals surface area contributed by atoms with Crippen molar-refractivity contribution in [3.63, 3.8) is 0 Å². The Morgan fingerprint density at radius 1 is 0.933 bits per heavy atom. The second-order valence-electron chi connectivity index (χ2n) is 7.54. The van der Waals surface area contributed by atoms with E-state index < -0.39 is 0 Å². The molecule has 1 heterocycles. The highest BCUT2D eigenvalue weighted by molar-refractivity contribution is 5.77. The molecule has 1 aliphatic rings. The third kappa shape index (κ3) is 4.47. The summed E-state index contributed by atoms with van der Waals surface area (Å²) in [7, 11) is 2.09. The Hall–Kier alpha value is -3.31. The van der Waals surface area contributed by atoms with Gasteiger partial charge in [-0.05, 0) is 79.2 Å². The van der Waals surface area contributed by atoms with Gasteiger partial charge in [-0.3, -0.25) is 4.79 Å². The molecule has 0 radical (unpaired) electrons. The number of aldehydes is 1. The van der Waals surface area contributed by atoms with E-state index in [0.717, 1.165) is 60.9 Å². The van der Waals surface area contributed by atoms with Gasteiger partial charge < -0.3 is 19.9 Å². The van der Waals surface area contributed by atoms with E-state index in [1.165, 1.54) is 5.69 Å². The lowest BCUT2D eigenvalue weighted by Crippen LogP contribution is -2.36. The van der Waals surface area contributed by atoms with Crippen molar-refractivity contribution in [3.05, 3.63) is 77.9 Å². The summed E-state index contributed by atoms with van der Waals surface area (Å²) in [5.41, 5.74) is 7.37. The number of nitrogens with zero attached hydrogens (tertiary/aromatic N) is 2. The lowest BCUT2D eigenvalue weighted by Gasteiger charge is -2.29. The lowest BCUT2D eigenvalue weighted by atomic mass is 10.1. The number of rotatable bonds is 6. The number of aryl methyl sites for hydroxylation is 1. The average molecular weight is 402 g/mol. The van der Waals surface area contributed by atoms with Crippen molar-refractivity contribution in [1.29, 1.82) is 0 Å². The number of benzene rings is 3. The minimum atomic E-state index is 0.675. The van der Waals surface area contributed by atoms with Crippen LogP contribution in [-0.2, 0) is 4.74 Å². The first-order chi connectivity index (χ1) is 14.6. The average Bonchev–Trinajstić information content (AvgIpc) is 2.81. The number of carbonyl (C=O) groups is 1. The van der Waals surface area contributed by atoms with Crippen molar-refractivity contribution in [1.82, 2.24) is 0 Å². The molecule has 1 fully saturated rings. The third-order valence-electron chi connectivity index (χ3n) is 5.54. The van der Waals surface area contributed by atoms with Crippen LogP contribution in [-0.4, -0.2) is 39.6 Å². The van der Waals surface area contributed by atoms with E-state index in [1.54, 1.807) is 0 Å². The fourth-order valence-electron chi connectivity index (χ4n) is 3.65. The molecule has 1 aliphatic heterocycles. The number of carbonyl (C=O) groups excluding carboxylic acids is 1. The van der Waals surface area contributed by atoms with Crippen LogP contribution in [0.15, 0.2) is 66.7 Å². The highest BCUT2D eigenvalue weighted by Crippen LogP contribution is 2.30. The van der Waals surface area contributed by atoms with E-state index in [-0.39, 0.29) is 0 Å². The molecule has 0 amide bonds. The standard InChI is InChI=1S/C25H27N3O2/c1-19-17-24(11-12-25(19)26-21-5-3-20(18-29)4-6-21)27(2)22-7-9-23(10-8-22)28-13-15-30-16-14-28/h3-12,17-18,26H,13-16H2,1-2H3. The Morgan fingerprint density at radius 2 is 1.60 bits per heavy atom. The fraction of sp³-hybridized carbons (Fsp3) is 0.240. The van der Waals surface area contributed by atoms with Gasteiger partial charge in [-0.1, -0.05) is 0 Å². The van der Waals surface area contributed by atoms with Gasteiger partial charge in [0, 0.05) is 54.1 Å². The Labute approximate surface area is 177 Å². The van der Waals surface area contributed by atoms with Crippen molar-refractivity contribution in [2.45, 2.75) is 6.92 Å². The van der Waals surface area contributed by atoms with Crippen LogP contribution in [0.5, 0.6) is 0 Å². The van der Waals surface area contributed by atoms with Crippen LogP contribution in [0, 0.1) is 6.92 Å². The summed E-state index contributed by atoms with van der Waals surface area (Å²) in [6, 6.07) is 22.5. The van der Waals surface area contributed by atoms with E-state index in [0.29, 0.717) is 5.56 Å². The molecule has 0 atom stereocenters. The Balaban J connectivity index is 1.46. The normalized spacial score (nSPS) is 13.7. The Morgan fingerprint density at radius 3 is 2.23 bits per heavy atom. The summed E-state index contributed by atoms with van der Waals surface area (Å²) in [4.78, 5) is 15.4. The van der Waals surface area contributed by atoms with Crippen molar-refractivity contribution >= 4 is 34.7 Å². The molecule has 5 nitrogen and oxygen atoms in total. The highest BCUT2D eigenvalue weighted by atomic mass is 16.5. The molecule has 0 spiro atoms. The number of anilines is 5. The molecule has 30 heavy (non-hydrogen) atoms. The van der Waals surface area contributed by atoms with Crippen LogP contribution >= 0.6 is 0 Å². The second-order valence-corrected chi connectivity index (χ2v) is 7.54. The number of nitrogens with one attached hydrogen (secondary N) is 1. The summed E-state index contributed by atoms with van der Waals surface area (Å²) in [6.07, 6.45) is 0.854. The molecule has 0 aromatic heterocycles. The van der Waals surface area contributed by atoms with Gasteiger partial charge in [-0.25, -0.2) is 0 Å². The van der Waals surface area contributed by atoms with Gasteiger partial charge in [0.2, 0.25) is 0 Å². The van der Waals surface area contributed by atoms with Crippen LogP contribution in [0.25, 0.3) is 0 Å². The Bertz CT molecular complexity index is 994. The zero-order chi connectivity index (χ0) is 20.9. The van der Waals surface area contributed by atoms with Gasteiger partial charge in [0.1, 0.15) is 6.29 Å². The predicted octanol–water partition coefficient (Wildman–Crippen LogP) is 5.16. The molecule has 0 saturated carbocycles. The molecule has 3 aromatic carbocycles. The minimum Gasteiger partial charge on any atom is -0.378 e. The van der Waals surface area contributed by atoms with Gasteiger partial charge in [0.15, 0.2) is 0 Å². The molecule has 0 bridgehead atoms. The molecule has 4 rings (SSSR count). The second kappa shape index (κ2) is 9.01. The van der Waals surface area contributed by atoms with E-state index in [2.05, 4.69) is 71.6 Å². The fourth-order valence-corrected chi connectivity index (χ4v) is 3.65. The smallest absolute Gasteiger partial charge is 0.150 e. The number of hydrogen-bond acceptors (Lipinski definition) is 5. The molecule has 0 unspecified atom stereocenters. The quantitative estimate of drug-likeness (QED) is 0.578. The van der Waals surface area contributed by atoms with Crippen LogP contribution in [0.1, 0.15) is 15.9 Å². The molecule has 0 aliphatic carbocycles. The van der Waals surface area contributed by atoms with Gasteiger partial charge in [0.05, 0.1) is 13.2 Å². The molecule has 1 saturated heterocycles. The monoisotopic (exact) mass is 401 g/mol. The van der Waals surface area contributed by atoms with Gasteiger partial charge in [-0.2, -0.15) is 0 Å². The van der Waals surface area contributed by atoms with E-state index >= 15 is 0 Å². The first-order valence-electron chi connectivity index (χ1n) is 10.2. The van der Waals surface area contributed by atoms with Crippen LogP contribution in [0.3, 0.4) is 0 Å². The summed E-state index contributed by atoms with van der Waals surface area (Å²) in [5, 5.41) is 3.42. The number of morpholine rings is 1. The number of ether oxygens (including phenoxy) is 1. The summed E-state index contributed by atoms with van der Waals surface area (Å²) < 4.78 is 5.44. The SMILES string of the molecule is Cc1cc(N(C)c2ccc(N3CCOCC3)cc2)ccc1Nc1ccc(C=O)cc1. The maximum Gasteiger partial charge on any atom is 0.150 e. The van der Waals surface area contributed by atoms with Gasteiger partial charge >= 0.3 is 0 Å². The molecule has 5 heteroatoms. The summed E-state index contributed by atoms with van der Waals surface area (Å²) in [6.45, 7) is 5.58. The van der Waals surface area contributed by atoms with Gasteiger partial charge in [0.25, 0.3) is 0 Å². The first kappa shape index (κ1) is 20.0. The van der Waals surface area contributed by atoms with Crippen LogP contribution < -0.4 is 15.1 Å². The molecule has 1 N–H and O–H groups in total. The van der Waals surface area contributed by atoms with Crippen molar-refractivity contribution in [2.75, 3.05) is 48.5 Å². The predicted molar refractivity (Wildman–Crippen MR) is 124 cm³/mol. The molecular weight excluding hydrogens is 374 g/mol. The molecular formula is C25H27N3O2. The van der Waals surface area contributed by atoms with Crippen molar-refractivity contribution in [3.8, 4) is 0 Å². The zero-order valence-electron chi connectivity index (χ0n) is 17.5. The van der Waals surface area contributed by atoms with E-state index in [1.807, 2.05) is 24.3 Å². The van der Waals surface area contributed by atoms with Crippen molar-refractivity contribution < 1.29 is 9.53 Å². The largest absolute Gasteiger partial charge is 0.378 e. The maximum absolute atomic E-state index is 10.8. The minimum absolute atomic E-state index is 0.675. The number of hydrogen-bond donors (Lipinski definition) is 1. The van der Waals surface area contributed by atoms with E-state index in [4.69, 9.17) is 4.74 Å². The first-order valence-corrected chi connectivity index (χ1v) is 10.2. The topological polar surface area (TPSA) is 44.8 Å². The molecule has 3 aromatic rings. The van der Waals surface area contributed by atoms with Crippen LogP contribution in [0.4, 0.5) is 28.4 Å². The van der Waals surface area contributed by atoms with Crippen LogP contribution in [0.2, 0.25) is 0 Å². The zero-order valence-corrected chi connectivity index (χ0v) is 17.5. The van der Waals surface area contributed by atoms with E-state index in [9.17, 15) is 4.79 Å². The third-order valence-corrected chi connectivity index (χ3v) is 5.54. The Kier molecular flexibility index (Phi) is 6.00. The maximum atomic E-state index is 10.8. The lowest BCUT2D eigenvalue weighted by molar-refractivity contribution is 0.112. The molecule has 154 valence electrons. The summed E-state index contributed by atoms with van der Waals surface area (Å²) >= 11 is 0. The summed E-state index contributed by atoms with van der Waals surface area (Å²) in [5.74, 6) is 0. The van der Waals surface area contributed by atoms with Gasteiger partial charge in [-0.15, -0.1) is 0 Å². The van der Waals surface area contributed by atoms with Crippen molar-refractivity contribution in [2.24, 2.45) is 0 Å². The highest BCUT2D eigenvalue weighted by Gasteiger charge is 2.12.